The molecule has 0 amide bonds. The Morgan fingerprint density at radius 3 is 2.62 bits per heavy atom. The van der Waals surface area contributed by atoms with Crippen molar-refractivity contribution in [3.8, 4) is 0 Å². The first-order chi connectivity index (χ1) is 9.86. The topological polar surface area (TPSA) is 47.3 Å². The minimum absolute atomic E-state index is 0.172. The third-order valence-corrected chi connectivity index (χ3v) is 3.03. The lowest BCUT2D eigenvalue weighted by Crippen LogP contribution is -2.18. The lowest BCUT2D eigenvalue weighted by atomic mass is 10.1. The van der Waals surface area contributed by atoms with Gasteiger partial charge in [-0.15, -0.1) is 0 Å². The van der Waals surface area contributed by atoms with Crippen LogP contribution in [0, 0.1) is 0 Å². The van der Waals surface area contributed by atoms with Crippen LogP contribution >= 0.6 is 12.2 Å². The minimum atomic E-state index is -4.47. The zero-order valence-electron chi connectivity index (χ0n) is 11.8. The molecule has 1 aromatic rings. The van der Waals surface area contributed by atoms with E-state index in [-0.39, 0.29) is 10.6 Å². The second-order valence-corrected chi connectivity index (χ2v) is 4.95. The molecule has 0 fully saturated rings. The molecule has 0 atom stereocenters. The first-order valence-electron chi connectivity index (χ1n) is 6.69. The van der Waals surface area contributed by atoms with Crippen LogP contribution in [0.4, 0.5) is 18.9 Å². The number of rotatable bonds is 8. The van der Waals surface area contributed by atoms with E-state index in [1.807, 2.05) is 0 Å². The molecule has 0 aliphatic carbocycles. The fraction of sp³-hybridized carbons (Fsp3) is 0.500. The van der Waals surface area contributed by atoms with Gasteiger partial charge in [0.1, 0.15) is 4.99 Å². The number of thiocarbonyl (C=S) groups is 1. The van der Waals surface area contributed by atoms with Crippen LogP contribution in [-0.4, -0.2) is 24.7 Å². The molecule has 0 unspecified atom stereocenters. The highest BCUT2D eigenvalue weighted by Crippen LogP contribution is 2.33. The molecular formula is C14H19F3N2OS. The molecule has 0 aliphatic rings. The van der Waals surface area contributed by atoms with Crippen LogP contribution in [0.5, 0.6) is 0 Å². The molecule has 1 aromatic carbocycles. The van der Waals surface area contributed by atoms with Crippen molar-refractivity contribution in [1.82, 2.24) is 0 Å². The summed E-state index contributed by atoms with van der Waals surface area (Å²) in [6.07, 6.45) is -2.42. The second-order valence-electron chi connectivity index (χ2n) is 4.52. The van der Waals surface area contributed by atoms with Crippen LogP contribution in [0.1, 0.15) is 30.9 Å². The van der Waals surface area contributed by atoms with Crippen molar-refractivity contribution >= 4 is 22.9 Å². The molecule has 0 heterocycles. The minimum Gasteiger partial charge on any atom is -0.389 e. The largest absolute Gasteiger partial charge is 0.417 e. The lowest BCUT2D eigenvalue weighted by molar-refractivity contribution is -0.137. The van der Waals surface area contributed by atoms with Crippen LogP contribution in [-0.2, 0) is 10.9 Å². The quantitative estimate of drug-likeness (QED) is 0.568. The van der Waals surface area contributed by atoms with Gasteiger partial charge in [-0.25, -0.2) is 0 Å². The zero-order valence-corrected chi connectivity index (χ0v) is 12.6. The number of nitrogens with one attached hydrogen (secondary N) is 1. The highest BCUT2D eigenvalue weighted by molar-refractivity contribution is 7.80. The Hall–Kier alpha value is -1.34. The number of nitrogens with two attached hydrogens (primary N) is 1. The average Bonchev–Trinajstić information content (AvgIpc) is 2.41. The molecule has 7 heteroatoms. The van der Waals surface area contributed by atoms with Crippen LogP contribution in [0.3, 0.4) is 0 Å². The molecule has 0 bridgehead atoms. The molecule has 0 aliphatic heterocycles. The second kappa shape index (κ2) is 8.19. The molecule has 0 aromatic heterocycles. The van der Waals surface area contributed by atoms with Gasteiger partial charge in [0.2, 0.25) is 0 Å². The van der Waals surface area contributed by atoms with Gasteiger partial charge in [-0.05, 0) is 24.6 Å². The fourth-order valence-corrected chi connectivity index (χ4v) is 1.89. The van der Waals surface area contributed by atoms with Crippen molar-refractivity contribution < 1.29 is 17.9 Å². The standard InChI is InChI=1S/C14H19F3N2OS/c1-2-3-7-20-8-6-19-10-4-5-12(14(15,16)17)11(9-10)13(18)21/h4-5,9,19H,2-3,6-8H2,1H3,(H2,18,21). The number of halogens is 3. The summed E-state index contributed by atoms with van der Waals surface area (Å²) in [5.74, 6) is 0. The molecule has 3 nitrogen and oxygen atoms in total. The van der Waals surface area contributed by atoms with Crippen LogP contribution in [0.25, 0.3) is 0 Å². The maximum Gasteiger partial charge on any atom is 0.417 e. The van der Waals surface area contributed by atoms with Crippen molar-refractivity contribution in [1.29, 1.82) is 0 Å². The first kappa shape index (κ1) is 17.7. The Balaban J connectivity index is 2.65. The SMILES string of the molecule is CCCCOCCNc1ccc(C(F)(F)F)c(C(N)=S)c1. The number of hydrogen-bond donors (Lipinski definition) is 2. The fourth-order valence-electron chi connectivity index (χ4n) is 1.72. The van der Waals surface area contributed by atoms with Gasteiger partial charge in [-0.1, -0.05) is 25.6 Å². The monoisotopic (exact) mass is 320 g/mol. The van der Waals surface area contributed by atoms with Crippen LogP contribution < -0.4 is 11.1 Å². The maximum atomic E-state index is 12.8. The number of benzene rings is 1. The van der Waals surface area contributed by atoms with Crippen molar-refractivity contribution in [2.45, 2.75) is 25.9 Å². The summed E-state index contributed by atoms with van der Waals surface area (Å²) in [5.41, 5.74) is 4.91. The van der Waals surface area contributed by atoms with E-state index >= 15 is 0 Å². The van der Waals surface area contributed by atoms with E-state index in [1.165, 1.54) is 12.1 Å². The highest BCUT2D eigenvalue weighted by Gasteiger charge is 2.33. The summed E-state index contributed by atoms with van der Waals surface area (Å²) in [4.78, 5) is -0.273. The van der Waals surface area contributed by atoms with Crippen molar-refractivity contribution in [2.75, 3.05) is 25.1 Å². The van der Waals surface area contributed by atoms with Gasteiger partial charge in [0.15, 0.2) is 0 Å². The van der Waals surface area contributed by atoms with E-state index in [1.54, 1.807) is 0 Å². The maximum absolute atomic E-state index is 12.8. The Morgan fingerprint density at radius 2 is 2.05 bits per heavy atom. The van der Waals surface area contributed by atoms with Gasteiger partial charge in [-0.3, -0.25) is 0 Å². The molecule has 1 rings (SSSR count). The molecular weight excluding hydrogens is 301 g/mol. The Labute approximate surface area is 127 Å². The van der Waals surface area contributed by atoms with Crippen molar-refractivity contribution in [2.24, 2.45) is 5.73 Å². The predicted octanol–water partition coefficient (Wildman–Crippen LogP) is 3.57. The molecule has 0 saturated heterocycles. The molecule has 3 N–H and O–H groups in total. The van der Waals surface area contributed by atoms with E-state index in [0.29, 0.717) is 25.4 Å². The van der Waals surface area contributed by atoms with E-state index in [0.717, 1.165) is 18.9 Å². The zero-order chi connectivity index (χ0) is 15.9. The van der Waals surface area contributed by atoms with Gasteiger partial charge >= 0.3 is 6.18 Å². The molecule has 0 saturated carbocycles. The van der Waals surface area contributed by atoms with Gasteiger partial charge in [-0.2, -0.15) is 13.2 Å². The average molecular weight is 320 g/mol. The lowest BCUT2D eigenvalue weighted by Gasteiger charge is -2.14. The summed E-state index contributed by atoms with van der Waals surface area (Å²) in [6.45, 7) is 3.75. The summed E-state index contributed by atoms with van der Waals surface area (Å²) in [5, 5.41) is 2.99. The molecule has 21 heavy (non-hydrogen) atoms. The van der Waals surface area contributed by atoms with E-state index in [9.17, 15) is 13.2 Å². The number of hydrogen-bond acceptors (Lipinski definition) is 3. The van der Waals surface area contributed by atoms with Gasteiger partial charge in [0.25, 0.3) is 0 Å². The number of ether oxygens (including phenoxy) is 1. The highest BCUT2D eigenvalue weighted by atomic mass is 32.1. The number of alkyl halides is 3. The van der Waals surface area contributed by atoms with E-state index < -0.39 is 11.7 Å². The smallest absolute Gasteiger partial charge is 0.389 e. The van der Waals surface area contributed by atoms with Gasteiger partial charge < -0.3 is 15.8 Å². The van der Waals surface area contributed by atoms with E-state index in [4.69, 9.17) is 10.5 Å². The Bertz CT molecular complexity index is 478. The normalized spacial score (nSPS) is 11.4. The summed E-state index contributed by atoms with van der Waals surface area (Å²) < 4.78 is 43.8. The summed E-state index contributed by atoms with van der Waals surface area (Å²) in [7, 11) is 0. The van der Waals surface area contributed by atoms with Gasteiger partial charge in [0.05, 0.1) is 12.2 Å². The summed E-state index contributed by atoms with van der Waals surface area (Å²) in [6, 6.07) is 3.66. The Morgan fingerprint density at radius 1 is 1.33 bits per heavy atom. The summed E-state index contributed by atoms with van der Waals surface area (Å²) >= 11 is 4.69. The third-order valence-electron chi connectivity index (χ3n) is 2.81. The number of anilines is 1. The van der Waals surface area contributed by atoms with Crippen LogP contribution in [0.15, 0.2) is 18.2 Å². The molecule has 0 spiro atoms. The van der Waals surface area contributed by atoms with Crippen molar-refractivity contribution in [3.63, 3.8) is 0 Å². The third kappa shape index (κ3) is 5.89. The first-order valence-corrected chi connectivity index (χ1v) is 7.09. The van der Waals surface area contributed by atoms with Crippen LogP contribution in [0.2, 0.25) is 0 Å². The molecule has 118 valence electrons. The van der Waals surface area contributed by atoms with Crippen molar-refractivity contribution in [3.05, 3.63) is 29.3 Å². The number of unbranched alkanes of at least 4 members (excludes halogenated alkanes) is 1. The van der Waals surface area contributed by atoms with E-state index in [2.05, 4.69) is 24.5 Å². The predicted molar refractivity (Wildman–Crippen MR) is 81.5 cm³/mol. The Kier molecular flexibility index (Phi) is 6.91. The molecule has 0 radical (unpaired) electrons. The van der Waals surface area contributed by atoms with Gasteiger partial charge in [0, 0.05) is 24.4 Å².